The van der Waals surface area contributed by atoms with Crippen LogP contribution in [0.1, 0.15) is 27.2 Å². The summed E-state index contributed by atoms with van der Waals surface area (Å²) in [6.45, 7) is 5.60. The van der Waals surface area contributed by atoms with E-state index in [2.05, 4.69) is 5.32 Å². The molecule has 0 aliphatic carbocycles. The van der Waals surface area contributed by atoms with E-state index in [9.17, 15) is 13.2 Å². The van der Waals surface area contributed by atoms with E-state index >= 15 is 0 Å². The lowest BCUT2D eigenvalue weighted by Crippen LogP contribution is -2.40. The zero-order valence-electron chi connectivity index (χ0n) is 13.7. The largest absolute Gasteiger partial charge is 0.481 e. The molecule has 7 heteroatoms. The molecule has 1 aromatic rings. The van der Waals surface area contributed by atoms with Crippen LogP contribution >= 0.6 is 0 Å². The predicted octanol–water partition coefficient (Wildman–Crippen LogP) is 1.76. The average molecular weight is 328 g/mol. The van der Waals surface area contributed by atoms with Crippen molar-refractivity contribution in [2.45, 2.75) is 39.3 Å². The van der Waals surface area contributed by atoms with Crippen molar-refractivity contribution in [2.75, 3.05) is 17.6 Å². The number of anilines is 1. The topological polar surface area (TPSA) is 75.7 Å². The Labute approximate surface area is 132 Å². The SMILES string of the molecule is CC[C@H](C)NC(=O)[C@H](C)Oc1ccc(N(C)S(C)(=O)=O)cc1. The number of sulfonamides is 1. The zero-order valence-corrected chi connectivity index (χ0v) is 14.5. The van der Waals surface area contributed by atoms with Crippen LogP contribution in [-0.2, 0) is 14.8 Å². The molecule has 22 heavy (non-hydrogen) atoms. The van der Waals surface area contributed by atoms with Gasteiger partial charge in [0.05, 0.1) is 11.9 Å². The van der Waals surface area contributed by atoms with Crippen LogP contribution in [0.3, 0.4) is 0 Å². The Morgan fingerprint density at radius 1 is 1.27 bits per heavy atom. The van der Waals surface area contributed by atoms with Crippen molar-refractivity contribution < 1.29 is 17.9 Å². The van der Waals surface area contributed by atoms with Crippen LogP contribution in [0.15, 0.2) is 24.3 Å². The molecular weight excluding hydrogens is 304 g/mol. The van der Waals surface area contributed by atoms with Crippen LogP contribution in [0.2, 0.25) is 0 Å². The quantitative estimate of drug-likeness (QED) is 0.827. The molecule has 124 valence electrons. The fourth-order valence-corrected chi connectivity index (χ4v) is 2.15. The molecule has 0 fully saturated rings. The fraction of sp³-hybridized carbons (Fsp3) is 0.533. The Hall–Kier alpha value is -1.76. The lowest BCUT2D eigenvalue weighted by molar-refractivity contribution is -0.127. The molecule has 1 aromatic carbocycles. The highest BCUT2D eigenvalue weighted by Gasteiger charge is 2.17. The number of rotatable bonds is 7. The maximum atomic E-state index is 11.9. The third-order valence-corrected chi connectivity index (χ3v) is 4.59. The monoisotopic (exact) mass is 328 g/mol. The summed E-state index contributed by atoms with van der Waals surface area (Å²) in [6, 6.07) is 6.66. The van der Waals surface area contributed by atoms with E-state index in [1.165, 1.54) is 11.4 Å². The van der Waals surface area contributed by atoms with Gasteiger partial charge in [-0.15, -0.1) is 0 Å². The molecular formula is C15H24N2O4S. The molecule has 0 heterocycles. The van der Waals surface area contributed by atoms with Gasteiger partial charge in [0.25, 0.3) is 5.91 Å². The minimum Gasteiger partial charge on any atom is -0.481 e. The van der Waals surface area contributed by atoms with E-state index < -0.39 is 16.1 Å². The van der Waals surface area contributed by atoms with Crippen molar-refractivity contribution in [3.05, 3.63) is 24.3 Å². The first-order chi connectivity index (χ1) is 10.1. The van der Waals surface area contributed by atoms with Crippen LogP contribution in [0, 0.1) is 0 Å². The number of nitrogens with zero attached hydrogens (tertiary/aromatic N) is 1. The fourth-order valence-electron chi connectivity index (χ4n) is 1.65. The normalized spacial score (nSPS) is 14.0. The first-order valence-electron chi connectivity index (χ1n) is 7.16. The summed E-state index contributed by atoms with van der Waals surface area (Å²) < 4.78 is 29.7. The molecule has 0 bridgehead atoms. The highest BCUT2D eigenvalue weighted by molar-refractivity contribution is 7.92. The summed E-state index contributed by atoms with van der Waals surface area (Å²) in [4.78, 5) is 11.9. The number of benzene rings is 1. The summed E-state index contributed by atoms with van der Waals surface area (Å²) >= 11 is 0. The standard InChI is InChI=1S/C15H24N2O4S/c1-6-11(2)16-15(18)12(3)21-14-9-7-13(8-10-14)17(4)22(5,19)20/h7-12H,6H2,1-5H3,(H,16,18)/t11-,12-/m0/s1. The van der Waals surface area contributed by atoms with E-state index in [4.69, 9.17) is 4.74 Å². The van der Waals surface area contributed by atoms with Gasteiger partial charge in [-0.3, -0.25) is 9.10 Å². The summed E-state index contributed by atoms with van der Waals surface area (Å²) in [5, 5.41) is 2.85. The molecule has 1 amide bonds. The number of hydrogen-bond acceptors (Lipinski definition) is 4. The van der Waals surface area contributed by atoms with Crippen molar-refractivity contribution >= 4 is 21.6 Å². The highest BCUT2D eigenvalue weighted by atomic mass is 32.2. The summed E-state index contributed by atoms with van der Waals surface area (Å²) in [5.74, 6) is 0.337. The maximum absolute atomic E-state index is 11.9. The second-order valence-electron chi connectivity index (χ2n) is 5.30. The molecule has 1 rings (SSSR count). The minimum absolute atomic E-state index is 0.101. The van der Waals surface area contributed by atoms with Gasteiger partial charge in [0.2, 0.25) is 10.0 Å². The summed E-state index contributed by atoms with van der Waals surface area (Å²) in [6.07, 6.45) is 1.37. The second kappa shape index (κ2) is 7.49. The van der Waals surface area contributed by atoms with E-state index in [1.54, 1.807) is 31.2 Å². The van der Waals surface area contributed by atoms with Crippen LogP contribution in [0.5, 0.6) is 5.75 Å². The van der Waals surface area contributed by atoms with Gasteiger partial charge in [-0.05, 0) is 44.5 Å². The molecule has 0 radical (unpaired) electrons. The molecule has 0 aromatic heterocycles. The van der Waals surface area contributed by atoms with Gasteiger partial charge in [0.15, 0.2) is 6.10 Å². The van der Waals surface area contributed by atoms with Gasteiger partial charge in [-0.1, -0.05) is 6.92 Å². The third kappa shape index (κ3) is 5.22. The predicted molar refractivity (Wildman–Crippen MR) is 87.7 cm³/mol. The van der Waals surface area contributed by atoms with Crippen molar-refractivity contribution in [3.8, 4) is 5.75 Å². The number of hydrogen-bond donors (Lipinski definition) is 1. The number of carbonyl (C=O) groups is 1. The van der Waals surface area contributed by atoms with Gasteiger partial charge in [0.1, 0.15) is 5.75 Å². The Kier molecular flexibility index (Phi) is 6.22. The van der Waals surface area contributed by atoms with Crippen molar-refractivity contribution in [1.82, 2.24) is 5.32 Å². The van der Waals surface area contributed by atoms with E-state index in [0.717, 1.165) is 12.7 Å². The number of carbonyl (C=O) groups excluding carboxylic acids is 1. The number of nitrogens with one attached hydrogen (secondary N) is 1. The highest BCUT2D eigenvalue weighted by Crippen LogP contribution is 2.21. The molecule has 2 atom stereocenters. The first kappa shape index (κ1) is 18.3. The Balaban J connectivity index is 2.70. The van der Waals surface area contributed by atoms with Crippen LogP contribution < -0.4 is 14.4 Å². The van der Waals surface area contributed by atoms with Gasteiger partial charge in [0, 0.05) is 13.1 Å². The van der Waals surface area contributed by atoms with Crippen molar-refractivity contribution in [2.24, 2.45) is 0 Å². The molecule has 0 aliphatic heterocycles. The number of ether oxygens (including phenoxy) is 1. The zero-order chi connectivity index (χ0) is 16.9. The molecule has 6 nitrogen and oxygen atoms in total. The van der Waals surface area contributed by atoms with Crippen LogP contribution in [0.4, 0.5) is 5.69 Å². The van der Waals surface area contributed by atoms with Crippen molar-refractivity contribution in [1.29, 1.82) is 0 Å². The Morgan fingerprint density at radius 3 is 2.27 bits per heavy atom. The molecule has 0 unspecified atom stereocenters. The third-order valence-electron chi connectivity index (χ3n) is 3.38. The van der Waals surface area contributed by atoms with Crippen molar-refractivity contribution in [3.63, 3.8) is 0 Å². The molecule has 0 aliphatic rings. The molecule has 0 saturated carbocycles. The Bertz CT molecular complexity index is 598. The van der Waals surface area contributed by atoms with E-state index in [0.29, 0.717) is 11.4 Å². The van der Waals surface area contributed by atoms with Gasteiger partial charge in [-0.25, -0.2) is 8.42 Å². The smallest absolute Gasteiger partial charge is 0.260 e. The lowest BCUT2D eigenvalue weighted by atomic mass is 10.2. The van der Waals surface area contributed by atoms with E-state index in [1.807, 2.05) is 13.8 Å². The molecule has 0 spiro atoms. The Morgan fingerprint density at radius 2 is 1.82 bits per heavy atom. The molecule has 1 N–H and O–H groups in total. The van der Waals surface area contributed by atoms with Crippen LogP contribution in [-0.4, -0.2) is 39.8 Å². The first-order valence-corrected chi connectivity index (χ1v) is 9.01. The average Bonchev–Trinajstić information content (AvgIpc) is 2.46. The second-order valence-corrected chi connectivity index (χ2v) is 7.32. The number of amides is 1. The molecule has 0 saturated heterocycles. The maximum Gasteiger partial charge on any atom is 0.260 e. The summed E-state index contributed by atoms with van der Waals surface area (Å²) in [7, 11) is -1.81. The van der Waals surface area contributed by atoms with Gasteiger partial charge < -0.3 is 10.1 Å². The van der Waals surface area contributed by atoms with Crippen LogP contribution in [0.25, 0.3) is 0 Å². The van der Waals surface area contributed by atoms with Gasteiger partial charge in [-0.2, -0.15) is 0 Å². The van der Waals surface area contributed by atoms with Gasteiger partial charge >= 0.3 is 0 Å². The summed E-state index contributed by atoms with van der Waals surface area (Å²) in [5.41, 5.74) is 0.534. The minimum atomic E-state index is -3.29. The lowest BCUT2D eigenvalue weighted by Gasteiger charge is -2.19. The van der Waals surface area contributed by atoms with E-state index in [-0.39, 0.29) is 11.9 Å².